The molecule has 1 fully saturated rings. The highest BCUT2D eigenvalue weighted by atomic mass is 16.5. The van der Waals surface area contributed by atoms with E-state index in [1.54, 1.807) is 42.5 Å². The number of nitrogens with zero attached hydrogens (tertiary/aromatic N) is 2. The van der Waals surface area contributed by atoms with Crippen LogP contribution in [0.3, 0.4) is 0 Å². The molecule has 6 heteroatoms. The van der Waals surface area contributed by atoms with E-state index < -0.39 is 6.10 Å². The predicted molar refractivity (Wildman–Crippen MR) is 144 cm³/mol. The largest absolute Gasteiger partial charge is 0.508 e. The number of likely N-dealkylation sites (tertiary alicyclic amines) is 1. The topological polar surface area (TPSA) is 86.0 Å². The Bertz CT molecular complexity index is 1390. The molecular weight excluding hydrogens is 464 g/mol. The molecule has 5 rings (SSSR count). The molecule has 0 amide bonds. The Hall–Kier alpha value is -3.95. The summed E-state index contributed by atoms with van der Waals surface area (Å²) < 4.78 is 12.6. The third kappa shape index (κ3) is 5.00. The van der Waals surface area contributed by atoms with Crippen LogP contribution in [-0.2, 0) is 0 Å². The molecule has 0 spiro atoms. The second kappa shape index (κ2) is 10.2. The van der Waals surface area contributed by atoms with Crippen molar-refractivity contribution in [2.24, 2.45) is 5.92 Å². The number of phenolic OH excluding ortho intramolecular Hbond substituents is 2. The van der Waals surface area contributed by atoms with Crippen molar-refractivity contribution < 1.29 is 19.7 Å². The molecule has 2 heterocycles. The number of ether oxygens (including phenoxy) is 2. The summed E-state index contributed by atoms with van der Waals surface area (Å²) in [5, 5.41) is 30.4. The first kappa shape index (κ1) is 24.7. The quantitative estimate of drug-likeness (QED) is 0.426. The van der Waals surface area contributed by atoms with E-state index in [0.29, 0.717) is 41.2 Å². The van der Waals surface area contributed by atoms with Crippen LogP contribution in [0.2, 0.25) is 0 Å². The highest BCUT2D eigenvalue weighted by Crippen LogP contribution is 2.48. The second-order valence-electron chi connectivity index (χ2n) is 10.2. The third-order valence-electron chi connectivity index (χ3n) is 7.43. The maximum atomic E-state index is 10.2. The number of phenols is 2. The van der Waals surface area contributed by atoms with Crippen LogP contribution in [0.25, 0.3) is 11.1 Å². The fourth-order valence-electron chi connectivity index (χ4n) is 5.34. The lowest BCUT2D eigenvalue weighted by molar-refractivity contribution is 0.169. The van der Waals surface area contributed by atoms with Crippen molar-refractivity contribution in [1.82, 2.24) is 4.90 Å². The molecule has 3 atom stereocenters. The highest BCUT2D eigenvalue weighted by Gasteiger charge is 2.31. The minimum atomic E-state index is -0.576. The molecule has 0 radical (unpaired) electrons. The van der Waals surface area contributed by atoms with Gasteiger partial charge in [0, 0.05) is 29.3 Å². The Balaban J connectivity index is 1.49. The molecule has 190 valence electrons. The number of hydrogen-bond donors (Lipinski definition) is 2. The fraction of sp³-hybridized carbons (Fsp3) is 0.323. The van der Waals surface area contributed by atoms with Crippen LogP contribution in [0.4, 0.5) is 0 Å². The molecule has 0 saturated carbocycles. The van der Waals surface area contributed by atoms with E-state index >= 15 is 0 Å². The lowest BCUT2D eigenvalue weighted by Crippen LogP contribution is -2.35. The van der Waals surface area contributed by atoms with Gasteiger partial charge in [-0.25, -0.2) is 0 Å². The summed E-state index contributed by atoms with van der Waals surface area (Å²) in [4.78, 5) is 2.45. The predicted octanol–water partition coefficient (Wildman–Crippen LogP) is 6.14. The number of fused-ring (bicyclic) bond motifs is 1. The number of nitriles is 1. The monoisotopic (exact) mass is 496 g/mol. The van der Waals surface area contributed by atoms with Crippen molar-refractivity contribution in [2.45, 2.75) is 39.3 Å². The van der Waals surface area contributed by atoms with E-state index in [9.17, 15) is 15.5 Å². The molecule has 0 aliphatic carbocycles. The average molecular weight is 497 g/mol. The van der Waals surface area contributed by atoms with Crippen LogP contribution in [0.15, 0.2) is 60.7 Å². The summed E-state index contributed by atoms with van der Waals surface area (Å²) in [6.07, 6.45) is 0.642. The van der Waals surface area contributed by atoms with E-state index in [2.05, 4.69) is 24.8 Å². The van der Waals surface area contributed by atoms with Crippen molar-refractivity contribution in [1.29, 1.82) is 5.26 Å². The maximum Gasteiger partial charge on any atom is 0.151 e. The average Bonchev–Trinajstić information content (AvgIpc) is 3.33. The zero-order valence-electron chi connectivity index (χ0n) is 21.4. The number of hydrogen-bond acceptors (Lipinski definition) is 6. The number of allylic oxidation sites excluding steroid dienone is 1. The van der Waals surface area contributed by atoms with Crippen LogP contribution < -0.4 is 9.47 Å². The van der Waals surface area contributed by atoms with E-state index in [-0.39, 0.29) is 11.5 Å². The van der Waals surface area contributed by atoms with Gasteiger partial charge >= 0.3 is 0 Å². The van der Waals surface area contributed by atoms with Gasteiger partial charge in [-0.05, 0) is 92.4 Å². The van der Waals surface area contributed by atoms with Crippen molar-refractivity contribution in [2.75, 3.05) is 19.7 Å². The molecule has 2 N–H and O–H groups in total. The van der Waals surface area contributed by atoms with E-state index in [0.717, 1.165) is 35.4 Å². The number of rotatable bonds is 6. The van der Waals surface area contributed by atoms with Crippen LogP contribution in [-0.4, -0.2) is 40.9 Å². The van der Waals surface area contributed by atoms with Gasteiger partial charge in [-0.1, -0.05) is 19.1 Å². The zero-order chi connectivity index (χ0) is 26.1. The van der Waals surface area contributed by atoms with Gasteiger partial charge in [0.2, 0.25) is 0 Å². The Morgan fingerprint density at radius 2 is 1.92 bits per heavy atom. The normalized spacial score (nSPS) is 20.2. The standard InChI is InChI=1S/C31H32N2O4/c1-19-11-12-33(17-19)20(2)18-36-26-8-9-27(23(14-26)16-32)31-30(22-5-4-6-24(34)13-22)21(3)28-15-25(35)7-10-29(28)37-31/h4-10,13-15,19-20,31,34-35H,11-12,17-18H2,1-3H3/t19-,20+,31?/m1/s1. The van der Waals surface area contributed by atoms with Crippen LogP contribution >= 0.6 is 0 Å². The van der Waals surface area contributed by atoms with Gasteiger partial charge in [0.1, 0.15) is 29.6 Å². The molecule has 6 nitrogen and oxygen atoms in total. The smallest absolute Gasteiger partial charge is 0.151 e. The van der Waals surface area contributed by atoms with Crippen molar-refractivity contribution in [3.63, 3.8) is 0 Å². The Morgan fingerprint density at radius 3 is 2.65 bits per heavy atom. The van der Waals surface area contributed by atoms with Crippen molar-refractivity contribution in [3.05, 3.63) is 82.9 Å². The van der Waals surface area contributed by atoms with Crippen LogP contribution in [0, 0.1) is 17.2 Å². The molecule has 2 aliphatic heterocycles. The molecular formula is C31H32N2O4. The van der Waals surface area contributed by atoms with Gasteiger partial charge in [-0.3, -0.25) is 4.90 Å². The van der Waals surface area contributed by atoms with E-state index in [1.165, 1.54) is 6.42 Å². The molecule has 3 aromatic rings. The highest BCUT2D eigenvalue weighted by molar-refractivity contribution is 5.96. The molecule has 0 bridgehead atoms. The fourth-order valence-corrected chi connectivity index (χ4v) is 5.34. The maximum absolute atomic E-state index is 10.2. The third-order valence-corrected chi connectivity index (χ3v) is 7.43. The minimum absolute atomic E-state index is 0.143. The first-order valence-corrected chi connectivity index (χ1v) is 12.7. The van der Waals surface area contributed by atoms with Crippen molar-refractivity contribution >= 4 is 11.1 Å². The number of benzene rings is 3. The van der Waals surface area contributed by atoms with Crippen LogP contribution in [0.5, 0.6) is 23.0 Å². The Labute approximate surface area is 218 Å². The number of aromatic hydroxyl groups is 2. The zero-order valence-corrected chi connectivity index (χ0v) is 21.4. The molecule has 0 aromatic heterocycles. The van der Waals surface area contributed by atoms with Gasteiger partial charge in [0.25, 0.3) is 0 Å². The SMILES string of the molecule is CC1=C(c2cccc(O)c2)C(c2ccc(OC[C@H](C)N3CC[C@@H](C)C3)cc2C#N)Oc2ccc(O)cc21. The van der Waals surface area contributed by atoms with Gasteiger partial charge < -0.3 is 19.7 Å². The van der Waals surface area contributed by atoms with E-state index in [4.69, 9.17) is 9.47 Å². The van der Waals surface area contributed by atoms with Gasteiger partial charge in [0.15, 0.2) is 6.10 Å². The van der Waals surface area contributed by atoms with Crippen molar-refractivity contribution in [3.8, 4) is 29.1 Å². The minimum Gasteiger partial charge on any atom is -0.508 e. The summed E-state index contributed by atoms with van der Waals surface area (Å²) in [6, 6.07) is 20.2. The van der Waals surface area contributed by atoms with E-state index in [1.807, 2.05) is 25.1 Å². The molecule has 1 unspecified atom stereocenters. The Kier molecular flexibility index (Phi) is 6.82. The van der Waals surface area contributed by atoms with Gasteiger partial charge in [-0.2, -0.15) is 5.26 Å². The molecule has 3 aromatic carbocycles. The summed E-state index contributed by atoms with van der Waals surface area (Å²) in [6.45, 7) is 9.17. The first-order chi connectivity index (χ1) is 17.8. The molecule has 2 aliphatic rings. The second-order valence-corrected chi connectivity index (χ2v) is 10.2. The summed E-state index contributed by atoms with van der Waals surface area (Å²) in [5.74, 6) is 2.28. The van der Waals surface area contributed by atoms with Crippen LogP contribution in [0.1, 0.15) is 55.5 Å². The van der Waals surface area contributed by atoms with Gasteiger partial charge in [0.05, 0.1) is 11.6 Å². The molecule has 1 saturated heterocycles. The lowest BCUT2D eigenvalue weighted by Gasteiger charge is -2.31. The van der Waals surface area contributed by atoms with Gasteiger partial charge in [-0.15, -0.1) is 0 Å². The summed E-state index contributed by atoms with van der Waals surface area (Å²) in [7, 11) is 0. The molecule has 37 heavy (non-hydrogen) atoms. The summed E-state index contributed by atoms with van der Waals surface area (Å²) >= 11 is 0. The first-order valence-electron chi connectivity index (χ1n) is 12.7. The summed E-state index contributed by atoms with van der Waals surface area (Å²) in [5.41, 5.74) is 4.49. The lowest BCUT2D eigenvalue weighted by atomic mass is 9.85. The Morgan fingerprint density at radius 1 is 1.11 bits per heavy atom.